The Hall–Kier alpha value is -0.540. The molecule has 1 aromatic carbocycles. The standard InChI is InChI=1S/C14H15Cl2NS/c1-3-17-14(11-7-8-12(15)18-11)10-6-4-5-9(2)13(10)16/h4-8,14,17H,3H2,1-2H3. The quantitative estimate of drug-likeness (QED) is 0.832. The normalized spacial score (nSPS) is 12.7. The van der Waals surface area contributed by atoms with E-state index in [2.05, 4.69) is 24.4 Å². The summed E-state index contributed by atoms with van der Waals surface area (Å²) in [6.07, 6.45) is 0. The first-order chi connectivity index (χ1) is 8.63. The molecule has 4 heteroatoms. The lowest BCUT2D eigenvalue weighted by Gasteiger charge is -2.19. The fraction of sp³-hybridized carbons (Fsp3) is 0.286. The fourth-order valence-corrected chi connectivity index (χ4v) is 3.34. The van der Waals surface area contributed by atoms with E-state index in [-0.39, 0.29) is 6.04 Å². The first-order valence-corrected chi connectivity index (χ1v) is 7.44. The van der Waals surface area contributed by atoms with Crippen LogP contribution in [0.1, 0.15) is 29.0 Å². The molecule has 0 aliphatic rings. The van der Waals surface area contributed by atoms with Gasteiger partial charge in [0.05, 0.1) is 10.4 Å². The van der Waals surface area contributed by atoms with Crippen molar-refractivity contribution in [1.82, 2.24) is 5.32 Å². The first-order valence-electron chi connectivity index (χ1n) is 5.87. The average Bonchev–Trinajstić information content (AvgIpc) is 2.77. The van der Waals surface area contributed by atoms with Crippen molar-refractivity contribution in [3.05, 3.63) is 55.7 Å². The van der Waals surface area contributed by atoms with E-state index >= 15 is 0 Å². The molecule has 1 nitrogen and oxygen atoms in total. The van der Waals surface area contributed by atoms with Crippen LogP contribution in [-0.2, 0) is 0 Å². The molecule has 0 saturated carbocycles. The van der Waals surface area contributed by atoms with Gasteiger partial charge in [-0.2, -0.15) is 0 Å². The molecule has 1 atom stereocenters. The Balaban J connectivity index is 2.44. The second kappa shape index (κ2) is 6.07. The van der Waals surface area contributed by atoms with Gasteiger partial charge in [-0.05, 0) is 36.7 Å². The predicted molar refractivity (Wildman–Crippen MR) is 81.0 cm³/mol. The van der Waals surface area contributed by atoms with Crippen LogP contribution >= 0.6 is 34.5 Å². The van der Waals surface area contributed by atoms with Gasteiger partial charge in [0.15, 0.2) is 0 Å². The maximum atomic E-state index is 6.41. The molecule has 0 amide bonds. The number of thiophene rings is 1. The molecule has 0 fully saturated rings. The molecule has 0 bridgehead atoms. The Morgan fingerprint density at radius 2 is 2.00 bits per heavy atom. The highest BCUT2D eigenvalue weighted by molar-refractivity contribution is 7.16. The second-order valence-electron chi connectivity index (χ2n) is 4.11. The molecule has 0 aliphatic carbocycles. The van der Waals surface area contributed by atoms with Crippen LogP contribution < -0.4 is 5.32 Å². The van der Waals surface area contributed by atoms with E-state index in [4.69, 9.17) is 23.2 Å². The van der Waals surface area contributed by atoms with Crippen molar-refractivity contribution < 1.29 is 0 Å². The lowest BCUT2D eigenvalue weighted by Crippen LogP contribution is -2.21. The lowest BCUT2D eigenvalue weighted by molar-refractivity contribution is 0.639. The van der Waals surface area contributed by atoms with Gasteiger partial charge in [0.2, 0.25) is 0 Å². The number of halogens is 2. The van der Waals surface area contributed by atoms with Gasteiger partial charge in [-0.3, -0.25) is 0 Å². The number of nitrogens with one attached hydrogen (secondary N) is 1. The Labute approximate surface area is 122 Å². The number of aryl methyl sites for hydroxylation is 1. The Bertz CT molecular complexity index is 536. The molecule has 1 unspecified atom stereocenters. The van der Waals surface area contributed by atoms with Crippen molar-refractivity contribution in [2.75, 3.05) is 6.54 Å². The Morgan fingerprint density at radius 1 is 1.22 bits per heavy atom. The average molecular weight is 300 g/mol. The SMILES string of the molecule is CCNC(c1ccc(Cl)s1)c1cccc(C)c1Cl. The molecular weight excluding hydrogens is 285 g/mol. The molecule has 1 N–H and O–H groups in total. The zero-order valence-electron chi connectivity index (χ0n) is 10.3. The molecule has 0 radical (unpaired) electrons. The molecule has 2 rings (SSSR count). The third kappa shape index (κ3) is 2.89. The number of rotatable bonds is 4. The van der Waals surface area contributed by atoms with E-state index in [1.54, 1.807) is 11.3 Å². The van der Waals surface area contributed by atoms with Gasteiger partial charge in [-0.15, -0.1) is 11.3 Å². The van der Waals surface area contributed by atoms with Crippen LogP contribution in [0.2, 0.25) is 9.36 Å². The molecule has 1 aromatic heterocycles. The lowest BCUT2D eigenvalue weighted by atomic mass is 10.0. The Morgan fingerprint density at radius 3 is 2.61 bits per heavy atom. The first kappa shape index (κ1) is 13.9. The van der Waals surface area contributed by atoms with Crippen LogP contribution in [0.25, 0.3) is 0 Å². The maximum Gasteiger partial charge on any atom is 0.0931 e. The summed E-state index contributed by atoms with van der Waals surface area (Å²) < 4.78 is 0.802. The van der Waals surface area contributed by atoms with Crippen molar-refractivity contribution in [3.63, 3.8) is 0 Å². The highest BCUT2D eigenvalue weighted by Gasteiger charge is 2.18. The van der Waals surface area contributed by atoms with Crippen LogP contribution in [0.3, 0.4) is 0 Å². The van der Waals surface area contributed by atoms with E-state index < -0.39 is 0 Å². The van der Waals surface area contributed by atoms with Gasteiger partial charge in [0.25, 0.3) is 0 Å². The number of hydrogen-bond acceptors (Lipinski definition) is 2. The molecule has 96 valence electrons. The van der Waals surface area contributed by atoms with Crippen LogP contribution in [0.4, 0.5) is 0 Å². The zero-order chi connectivity index (χ0) is 13.1. The molecule has 18 heavy (non-hydrogen) atoms. The highest BCUT2D eigenvalue weighted by Crippen LogP contribution is 2.35. The number of benzene rings is 1. The summed E-state index contributed by atoms with van der Waals surface area (Å²) in [7, 11) is 0. The van der Waals surface area contributed by atoms with Crippen molar-refractivity contribution >= 4 is 34.5 Å². The fourth-order valence-electron chi connectivity index (χ4n) is 1.94. The topological polar surface area (TPSA) is 12.0 Å². The zero-order valence-corrected chi connectivity index (χ0v) is 12.7. The van der Waals surface area contributed by atoms with Gasteiger partial charge in [-0.1, -0.05) is 48.3 Å². The van der Waals surface area contributed by atoms with E-state index in [9.17, 15) is 0 Å². The summed E-state index contributed by atoms with van der Waals surface area (Å²) in [5, 5.41) is 4.29. The smallest absolute Gasteiger partial charge is 0.0931 e. The minimum absolute atomic E-state index is 0.111. The largest absolute Gasteiger partial charge is 0.306 e. The van der Waals surface area contributed by atoms with Crippen LogP contribution in [0.5, 0.6) is 0 Å². The van der Waals surface area contributed by atoms with Crippen molar-refractivity contribution in [2.24, 2.45) is 0 Å². The third-order valence-electron chi connectivity index (χ3n) is 2.82. The molecule has 0 aliphatic heterocycles. The van der Waals surface area contributed by atoms with Gasteiger partial charge in [-0.25, -0.2) is 0 Å². The molecule has 0 saturated heterocycles. The molecule has 0 spiro atoms. The van der Waals surface area contributed by atoms with E-state index in [1.807, 2.05) is 25.1 Å². The number of hydrogen-bond donors (Lipinski definition) is 1. The van der Waals surface area contributed by atoms with E-state index in [1.165, 1.54) is 4.88 Å². The van der Waals surface area contributed by atoms with E-state index in [0.717, 1.165) is 27.0 Å². The second-order valence-corrected chi connectivity index (χ2v) is 6.24. The van der Waals surface area contributed by atoms with E-state index in [0.29, 0.717) is 0 Å². The predicted octanol–water partition coefficient (Wildman–Crippen LogP) is 5.06. The van der Waals surface area contributed by atoms with Gasteiger partial charge < -0.3 is 5.32 Å². The summed E-state index contributed by atoms with van der Waals surface area (Å²) in [6.45, 7) is 4.99. The van der Waals surface area contributed by atoms with Crippen LogP contribution in [-0.4, -0.2) is 6.54 Å². The highest BCUT2D eigenvalue weighted by atomic mass is 35.5. The summed E-state index contributed by atoms with van der Waals surface area (Å²) in [4.78, 5) is 1.19. The summed E-state index contributed by atoms with van der Waals surface area (Å²) in [6, 6.07) is 10.2. The molecule has 1 heterocycles. The summed E-state index contributed by atoms with van der Waals surface area (Å²) in [5.41, 5.74) is 2.21. The van der Waals surface area contributed by atoms with Crippen molar-refractivity contribution in [3.8, 4) is 0 Å². The van der Waals surface area contributed by atoms with Gasteiger partial charge in [0, 0.05) is 9.90 Å². The van der Waals surface area contributed by atoms with Crippen molar-refractivity contribution in [2.45, 2.75) is 19.9 Å². The minimum Gasteiger partial charge on any atom is -0.306 e. The monoisotopic (exact) mass is 299 g/mol. The van der Waals surface area contributed by atoms with Crippen molar-refractivity contribution in [1.29, 1.82) is 0 Å². The van der Waals surface area contributed by atoms with Crippen LogP contribution in [0, 0.1) is 6.92 Å². The van der Waals surface area contributed by atoms with Gasteiger partial charge >= 0.3 is 0 Å². The van der Waals surface area contributed by atoms with Crippen LogP contribution in [0.15, 0.2) is 30.3 Å². The summed E-state index contributed by atoms with van der Waals surface area (Å²) in [5.74, 6) is 0. The molecule has 2 aromatic rings. The maximum absolute atomic E-state index is 6.41. The third-order valence-corrected chi connectivity index (χ3v) is 4.63. The Kier molecular flexibility index (Phi) is 4.68. The molecular formula is C14H15Cl2NS. The summed E-state index contributed by atoms with van der Waals surface area (Å²) >= 11 is 14.0. The van der Waals surface area contributed by atoms with Gasteiger partial charge in [0.1, 0.15) is 0 Å². The minimum atomic E-state index is 0.111.